The van der Waals surface area contributed by atoms with Crippen molar-refractivity contribution in [2.75, 3.05) is 5.32 Å². The van der Waals surface area contributed by atoms with Crippen LogP contribution in [0.5, 0.6) is 0 Å². The first kappa shape index (κ1) is 45.6. The second-order valence-corrected chi connectivity index (χ2v) is 20.9. The highest BCUT2D eigenvalue weighted by Crippen LogP contribution is 2.67. The summed E-state index contributed by atoms with van der Waals surface area (Å²) in [6, 6.07) is 15.9. The Morgan fingerprint density at radius 1 is 0.712 bits per heavy atom. The monoisotopic (exact) mass is 806 g/mol. The molecule has 8 atom stereocenters. The lowest BCUT2D eigenvalue weighted by atomic mass is 9.47. The Kier molecular flexibility index (Phi) is 16.8. The molecule has 4 nitrogen and oxygen atoms in total. The summed E-state index contributed by atoms with van der Waals surface area (Å²) < 4.78 is 6.23. The molecule has 0 aliphatic heterocycles. The molecule has 1 unspecified atom stereocenters. The molecule has 0 bridgehead atoms. The SMILES string of the molecule is CCCCCCCCCCCCCCC(=O)Nc1ccc(-c2ccc(C(=O)OC3CC[C@@]4(C)C(=CC[C@H]5[C@@H]6CC[C@H]([C@H](C)CCCC(C)C)[C@@]6(C)CC[C@@H]54)C3)cc2)cc1. The predicted molar refractivity (Wildman–Crippen MR) is 248 cm³/mol. The molecule has 4 heteroatoms. The van der Waals surface area contributed by atoms with E-state index in [1.807, 2.05) is 48.5 Å². The van der Waals surface area contributed by atoms with Gasteiger partial charge in [0.05, 0.1) is 5.56 Å². The van der Waals surface area contributed by atoms with Gasteiger partial charge in [0.15, 0.2) is 0 Å². The molecule has 2 aromatic rings. The van der Waals surface area contributed by atoms with Gasteiger partial charge in [0, 0.05) is 18.5 Å². The fraction of sp³-hybridized carbons (Fsp3) is 0.709. The third kappa shape index (κ3) is 11.7. The van der Waals surface area contributed by atoms with Crippen LogP contribution >= 0.6 is 0 Å². The Balaban J connectivity index is 0.916. The first-order valence-corrected chi connectivity index (χ1v) is 24.9. The number of unbranched alkanes of at least 4 members (excludes halogenated alkanes) is 11. The average molecular weight is 806 g/mol. The van der Waals surface area contributed by atoms with Crippen molar-refractivity contribution in [2.24, 2.45) is 46.3 Å². The van der Waals surface area contributed by atoms with Crippen LogP contribution in [0.3, 0.4) is 0 Å². The molecule has 0 heterocycles. The van der Waals surface area contributed by atoms with E-state index in [9.17, 15) is 9.59 Å². The Morgan fingerprint density at radius 2 is 1.34 bits per heavy atom. The van der Waals surface area contributed by atoms with Crippen molar-refractivity contribution < 1.29 is 14.3 Å². The zero-order valence-corrected chi connectivity index (χ0v) is 38.4. The highest BCUT2D eigenvalue weighted by Gasteiger charge is 2.59. The van der Waals surface area contributed by atoms with Gasteiger partial charge in [-0.3, -0.25) is 4.79 Å². The number of ether oxygens (including phenoxy) is 1. The third-order valence-electron chi connectivity index (χ3n) is 16.4. The molecule has 0 radical (unpaired) electrons. The van der Waals surface area contributed by atoms with E-state index in [1.54, 1.807) is 5.57 Å². The Hall–Kier alpha value is -2.88. The van der Waals surface area contributed by atoms with Gasteiger partial charge >= 0.3 is 5.97 Å². The van der Waals surface area contributed by atoms with Crippen molar-refractivity contribution in [3.05, 3.63) is 65.7 Å². The fourth-order valence-corrected chi connectivity index (χ4v) is 12.9. The molecule has 1 N–H and O–H groups in total. The Bertz CT molecular complexity index is 1640. The summed E-state index contributed by atoms with van der Waals surface area (Å²) in [5, 5.41) is 3.08. The van der Waals surface area contributed by atoms with E-state index >= 15 is 0 Å². The summed E-state index contributed by atoms with van der Waals surface area (Å²) in [6.45, 7) is 14.8. The quantitative estimate of drug-likeness (QED) is 0.0732. The summed E-state index contributed by atoms with van der Waals surface area (Å²) in [5.41, 5.74) is 5.88. The molecule has 3 fully saturated rings. The van der Waals surface area contributed by atoms with Gasteiger partial charge in [-0.15, -0.1) is 0 Å². The van der Waals surface area contributed by atoms with E-state index in [4.69, 9.17) is 4.74 Å². The summed E-state index contributed by atoms with van der Waals surface area (Å²) in [6.07, 6.45) is 32.7. The minimum atomic E-state index is -0.210. The smallest absolute Gasteiger partial charge is 0.338 e. The highest BCUT2D eigenvalue weighted by molar-refractivity contribution is 5.91. The van der Waals surface area contributed by atoms with Gasteiger partial charge < -0.3 is 10.1 Å². The van der Waals surface area contributed by atoms with Gasteiger partial charge in [0.1, 0.15) is 6.10 Å². The van der Waals surface area contributed by atoms with Gasteiger partial charge in [-0.05, 0) is 133 Å². The minimum absolute atomic E-state index is 0.0445. The molecule has 1 amide bonds. The number of amides is 1. The maximum absolute atomic E-state index is 13.4. The van der Waals surface area contributed by atoms with Crippen molar-refractivity contribution in [2.45, 2.75) is 202 Å². The van der Waals surface area contributed by atoms with Crippen LogP contribution in [-0.2, 0) is 9.53 Å². The van der Waals surface area contributed by atoms with Crippen molar-refractivity contribution >= 4 is 17.6 Å². The van der Waals surface area contributed by atoms with Crippen molar-refractivity contribution in [3.63, 3.8) is 0 Å². The molecule has 0 saturated heterocycles. The highest BCUT2D eigenvalue weighted by atomic mass is 16.5. The number of fused-ring (bicyclic) bond motifs is 5. The van der Waals surface area contributed by atoms with Crippen molar-refractivity contribution in [1.29, 1.82) is 0 Å². The maximum atomic E-state index is 13.4. The number of hydrogen-bond donors (Lipinski definition) is 1. The predicted octanol–water partition coefficient (Wildman–Crippen LogP) is 16.0. The molecule has 4 aliphatic carbocycles. The van der Waals surface area contributed by atoms with Crippen molar-refractivity contribution in [3.8, 4) is 11.1 Å². The molecule has 326 valence electrons. The standard InChI is InChI=1S/C55H83NO3/c1-7-8-9-10-11-12-13-14-15-16-17-18-22-52(57)56-46-30-27-43(28-31-46)42-23-25-44(26-24-42)53(58)59-47-35-37-54(5)45(39-47)29-32-48-50-34-33-49(41(4)21-19-20-40(2)3)55(50,6)38-36-51(48)54/h23-31,40-41,47-51H,7-22,32-39H2,1-6H3,(H,56,57)/t41-,47?,48+,49-,50+,51+,54+,55-/m1/s1. The number of hydrogen-bond acceptors (Lipinski definition) is 3. The van der Waals surface area contributed by atoms with Crippen LogP contribution in [0.4, 0.5) is 5.69 Å². The zero-order chi connectivity index (χ0) is 41.8. The molecule has 6 rings (SSSR count). The van der Waals surface area contributed by atoms with Gasteiger partial charge in [-0.2, -0.15) is 0 Å². The largest absolute Gasteiger partial charge is 0.458 e. The van der Waals surface area contributed by atoms with Crippen LogP contribution in [-0.4, -0.2) is 18.0 Å². The lowest BCUT2D eigenvalue weighted by Crippen LogP contribution is -2.51. The van der Waals surface area contributed by atoms with E-state index < -0.39 is 0 Å². The number of nitrogens with one attached hydrogen (secondary N) is 1. The molecular formula is C55H83NO3. The lowest BCUT2D eigenvalue weighted by Gasteiger charge is -2.58. The van der Waals surface area contributed by atoms with Crippen LogP contribution in [0.2, 0.25) is 0 Å². The number of rotatable bonds is 22. The van der Waals surface area contributed by atoms with Crippen LogP contribution < -0.4 is 5.32 Å². The van der Waals surface area contributed by atoms with Gasteiger partial charge in [-0.1, -0.05) is 167 Å². The number of benzene rings is 2. The number of anilines is 1. The normalized spacial score (nSPS) is 28.0. The number of carbonyl (C=O) groups excluding carboxylic acids is 2. The first-order valence-electron chi connectivity index (χ1n) is 24.9. The van der Waals surface area contributed by atoms with Gasteiger partial charge in [0.2, 0.25) is 5.91 Å². The second-order valence-electron chi connectivity index (χ2n) is 20.9. The molecule has 3 saturated carbocycles. The molecular weight excluding hydrogens is 723 g/mol. The first-order chi connectivity index (χ1) is 28.5. The van der Waals surface area contributed by atoms with Gasteiger partial charge in [-0.25, -0.2) is 4.79 Å². The summed E-state index contributed by atoms with van der Waals surface area (Å²) in [7, 11) is 0. The second kappa shape index (κ2) is 21.8. The summed E-state index contributed by atoms with van der Waals surface area (Å²) >= 11 is 0. The summed E-state index contributed by atoms with van der Waals surface area (Å²) in [5.74, 6) is 4.89. The molecule has 2 aromatic carbocycles. The number of allylic oxidation sites excluding steroid dienone is 1. The van der Waals surface area contributed by atoms with E-state index in [0.717, 1.165) is 84.4 Å². The Labute approximate surface area is 360 Å². The maximum Gasteiger partial charge on any atom is 0.338 e. The number of carbonyl (C=O) groups is 2. The zero-order valence-electron chi connectivity index (χ0n) is 38.4. The third-order valence-corrected chi connectivity index (χ3v) is 16.4. The topological polar surface area (TPSA) is 55.4 Å². The van der Waals surface area contributed by atoms with E-state index in [-0.39, 0.29) is 23.4 Å². The van der Waals surface area contributed by atoms with E-state index in [0.29, 0.717) is 17.4 Å². The van der Waals surface area contributed by atoms with Crippen molar-refractivity contribution in [1.82, 2.24) is 0 Å². The van der Waals surface area contributed by atoms with Crippen LogP contribution in [0.15, 0.2) is 60.2 Å². The minimum Gasteiger partial charge on any atom is -0.458 e. The molecule has 0 spiro atoms. The lowest BCUT2D eigenvalue weighted by molar-refractivity contribution is -0.116. The average Bonchev–Trinajstić information content (AvgIpc) is 3.59. The Morgan fingerprint density at radius 3 is 1.98 bits per heavy atom. The number of esters is 1. The van der Waals surface area contributed by atoms with E-state index in [1.165, 1.54) is 116 Å². The molecule has 0 aromatic heterocycles. The fourth-order valence-electron chi connectivity index (χ4n) is 12.9. The molecule has 59 heavy (non-hydrogen) atoms. The van der Waals surface area contributed by atoms with Crippen LogP contribution in [0.1, 0.15) is 206 Å². The summed E-state index contributed by atoms with van der Waals surface area (Å²) in [4.78, 5) is 26.0. The van der Waals surface area contributed by atoms with Crippen LogP contribution in [0, 0.1) is 46.3 Å². The van der Waals surface area contributed by atoms with Crippen LogP contribution in [0.25, 0.3) is 11.1 Å². The van der Waals surface area contributed by atoms with Gasteiger partial charge in [0.25, 0.3) is 0 Å². The molecule has 4 aliphatic rings. The van der Waals surface area contributed by atoms with E-state index in [2.05, 4.69) is 52.9 Å².